The van der Waals surface area contributed by atoms with Crippen molar-refractivity contribution in [1.29, 1.82) is 0 Å². The van der Waals surface area contributed by atoms with Crippen LogP contribution in [0.2, 0.25) is 0 Å². The monoisotopic (exact) mass is 318 g/mol. The van der Waals surface area contributed by atoms with Crippen LogP contribution in [0.25, 0.3) is 0 Å². The Bertz CT molecular complexity index is 372. The quantitative estimate of drug-likeness (QED) is 0.644. The van der Waals surface area contributed by atoms with Gasteiger partial charge in [-0.3, -0.25) is 14.4 Å². The van der Waals surface area contributed by atoms with E-state index in [9.17, 15) is 14.4 Å². The third kappa shape index (κ3) is 7.33. The summed E-state index contributed by atoms with van der Waals surface area (Å²) >= 11 is 1.27. The Kier molecular flexibility index (Phi) is 8.14. The lowest BCUT2D eigenvalue weighted by atomic mass is 10.1. The number of ether oxygens (including phenoxy) is 1. The molecular weight excluding hydrogens is 296 g/mol. The molecule has 7 nitrogen and oxygen atoms in total. The Morgan fingerprint density at radius 2 is 1.95 bits per heavy atom. The predicted molar refractivity (Wildman–Crippen MR) is 79.2 cm³/mol. The average molecular weight is 318 g/mol. The second kappa shape index (κ2) is 9.62. The molecule has 2 N–H and O–H groups in total. The van der Waals surface area contributed by atoms with Crippen molar-refractivity contribution in [3.05, 3.63) is 0 Å². The summed E-state index contributed by atoms with van der Waals surface area (Å²) in [6.07, 6.45) is 0.401. The van der Waals surface area contributed by atoms with E-state index < -0.39 is 11.9 Å². The Morgan fingerprint density at radius 3 is 2.57 bits per heavy atom. The molecule has 0 radical (unpaired) electrons. The van der Waals surface area contributed by atoms with Gasteiger partial charge >= 0.3 is 5.97 Å². The normalized spacial score (nSPS) is 16.3. The molecule has 0 aromatic rings. The molecule has 0 bridgehead atoms. The van der Waals surface area contributed by atoms with Gasteiger partial charge in [-0.1, -0.05) is 6.92 Å². The topological polar surface area (TPSA) is 95.9 Å². The molecule has 2 amide bonds. The molecular formula is C13H22N2O5S. The third-order valence-corrected chi connectivity index (χ3v) is 4.06. The highest BCUT2D eigenvalue weighted by Gasteiger charge is 2.17. The van der Waals surface area contributed by atoms with Crippen LogP contribution in [-0.4, -0.2) is 72.1 Å². The summed E-state index contributed by atoms with van der Waals surface area (Å²) in [6, 6.07) is 0. The minimum absolute atomic E-state index is 0.0237. The number of amides is 2. The second-order valence-corrected chi connectivity index (χ2v) is 5.85. The van der Waals surface area contributed by atoms with Gasteiger partial charge in [0.05, 0.1) is 30.6 Å². The maximum Gasteiger partial charge on any atom is 0.306 e. The highest BCUT2D eigenvalue weighted by atomic mass is 32.2. The minimum Gasteiger partial charge on any atom is -0.481 e. The smallest absolute Gasteiger partial charge is 0.306 e. The van der Waals surface area contributed by atoms with E-state index in [0.29, 0.717) is 39.3 Å². The number of carbonyl (C=O) groups excluding carboxylic acids is 2. The SMILES string of the molecule is CC(CCNC(=O)CSCC(=O)N1CCOCC1)C(=O)O. The van der Waals surface area contributed by atoms with Crippen LogP contribution in [0.5, 0.6) is 0 Å². The third-order valence-electron chi connectivity index (χ3n) is 3.14. The first-order valence-electron chi connectivity index (χ1n) is 6.93. The number of hydrogen-bond donors (Lipinski definition) is 2. The molecule has 1 atom stereocenters. The van der Waals surface area contributed by atoms with Gasteiger partial charge in [0, 0.05) is 19.6 Å². The van der Waals surface area contributed by atoms with Crippen molar-refractivity contribution in [2.45, 2.75) is 13.3 Å². The lowest BCUT2D eigenvalue weighted by Gasteiger charge is -2.26. The van der Waals surface area contributed by atoms with E-state index in [0.717, 1.165) is 0 Å². The Morgan fingerprint density at radius 1 is 1.29 bits per heavy atom. The predicted octanol–water partition coefficient (Wildman–Crippen LogP) is -0.195. The zero-order valence-corrected chi connectivity index (χ0v) is 13.0. The van der Waals surface area contributed by atoms with Crippen molar-refractivity contribution in [1.82, 2.24) is 10.2 Å². The molecule has 120 valence electrons. The van der Waals surface area contributed by atoms with Gasteiger partial charge in [0.1, 0.15) is 0 Å². The zero-order valence-electron chi connectivity index (χ0n) is 12.2. The fourth-order valence-electron chi connectivity index (χ4n) is 1.74. The van der Waals surface area contributed by atoms with Gasteiger partial charge in [-0.25, -0.2) is 0 Å². The van der Waals surface area contributed by atoms with Gasteiger partial charge in [0.2, 0.25) is 11.8 Å². The van der Waals surface area contributed by atoms with E-state index in [4.69, 9.17) is 9.84 Å². The minimum atomic E-state index is -0.866. The molecule has 1 unspecified atom stereocenters. The molecule has 1 fully saturated rings. The van der Waals surface area contributed by atoms with Crippen molar-refractivity contribution in [3.63, 3.8) is 0 Å². The highest BCUT2D eigenvalue weighted by molar-refractivity contribution is 8.00. The van der Waals surface area contributed by atoms with Gasteiger partial charge < -0.3 is 20.1 Å². The number of hydrogen-bond acceptors (Lipinski definition) is 5. The second-order valence-electron chi connectivity index (χ2n) is 4.86. The van der Waals surface area contributed by atoms with Gasteiger partial charge in [-0.15, -0.1) is 11.8 Å². The Balaban J connectivity index is 2.07. The fraction of sp³-hybridized carbons (Fsp3) is 0.769. The fourth-order valence-corrected chi connectivity index (χ4v) is 2.48. The molecule has 8 heteroatoms. The molecule has 1 aliphatic rings. The number of rotatable bonds is 8. The molecule has 0 aromatic carbocycles. The average Bonchev–Trinajstić information content (AvgIpc) is 2.47. The van der Waals surface area contributed by atoms with Crippen molar-refractivity contribution >= 4 is 29.5 Å². The lowest BCUT2D eigenvalue weighted by molar-refractivity contribution is -0.141. The summed E-state index contributed by atoms with van der Waals surface area (Å²) in [5.41, 5.74) is 0. The first-order valence-corrected chi connectivity index (χ1v) is 8.09. The molecule has 0 saturated carbocycles. The van der Waals surface area contributed by atoms with E-state index in [1.165, 1.54) is 11.8 Å². The molecule has 0 spiro atoms. The van der Waals surface area contributed by atoms with Crippen LogP contribution in [0.15, 0.2) is 0 Å². The summed E-state index contributed by atoms with van der Waals surface area (Å²) < 4.78 is 5.17. The van der Waals surface area contributed by atoms with Crippen LogP contribution in [0.3, 0.4) is 0 Å². The van der Waals surface area contributed by atoms with Crippen molar-refractivity contribution in [3.8, 4) is 0 Å². The summed E-state index contributed by atoms with van der Waals surface area (Å²) in [5.74, 6) is -1.00. The molecule has 1 rings (SSSR count). The summed E-state index contributed by atoms with van der Waals surface area (Å²) in [5, 5.41) is 11.4. The largest absolute Gasteiger partial charge is 0.481 e. The molecule has 1 heterocycles. The zero-order chi connectivity index (χ0) is 15.7. The van der Waals surface area contributed by atoms with E-state index >= 15 is 0 Å². The number of carboxylic acid groups (broad SMARTS) is 1. The van der Waals surface area contributed by atoms with E-state index in [1.54, 1.807) is 11.8 Å². The number of carbonyl (C=O) groups is 3. The van der Waals surface area contributed by atoms with Gasteiger partial charge in [-0.05, 0) is 6.42 Å². The van der Waals surface area contributed by atoms with Crippen molar-refractivity contribution in [2.75, 3.05) is 44.4 Å². The van der Waals surface area contributed by atoms with Crippen molar-refractivity contribution < 1.29 is 24.2 Å². The van der Waals surface area contributed by atoms with Gasteiger partial charge in [0.25, 0.3) is 0 Å². The van der Waals surface area contributed by atoms with Crippen LogP contribution < -0.4 is 5.32 Å². The molecule has 21 heavy (non-hydrogen) atoms. The number of carboxylic acids is 1. The maximum atomic E-state index is 11.8. The van der Waals surface area contributed by atoms with Crippen LogP contribution in [0.4, 0.5) is 0 Å². The van der Waals surface area contributed by atoms with E-state index in [2.05, 4.69) is 5.32 Å². The number of nitrogens with one attached hydrogen (secondary N) is 1. The van der Waals surface area contributed by atoms with Crippen LogP contribution in [-0.2, 0) is 19.1 Å². The number of thioether (sulfide) groups is 1. The van der Waals surface area contributed by atoms with E-state index in [-0.39, 0.29) is 23.3 Å². The summed E-state index contributed by atoms with van der Waals surface area (Å²) in [6.45, 7) is 4.29. The van der Waals surface area contributed by atoms with Gasteiger partial charge in [0.15, 0.2) is 0 Å². The Hall–Kier alpha value is -1.28. The number of aliphatic carboxylic acids is 1. The maximum absolute atomic E-state index is 11.8. The molecule has 1 aliphatic heterocycles. The first kappa shape index (κ1) is 17.8. The number of nitrogens with zero attached hydrogens (tertiary/aromatic N) is 1. The van der Waals surface area contributed by atoms with Gasteiger partial charge in [-0.2, -0.15) is 0 Å². The number of morpholine rings is 1. The highest BCUT2D eigenvalue weighted by Crippen LogP contribution is 2.05. The van der Waals surface area contributed by atoms with Crippen LogP contribution >= 0.6 is 11.8 Å². The standard InChI is InChI=1S/C13H22N2O5S/c1-10(13(18)19)2-3-14-11(16)8-21-9-12(17)15-4-6-20-7-5-15/h10H,2-9H2,1H3,(H,14,16)(H,18,19). The summed E-state index contributed by atoms with van der Waals surface area (Å²) in [4.78, 5) is 35.7. The van der Waals surface area contributed by atoms with E-state index in [1.807, 2.05) is 0 Å². The molecule has 0 aliphatic carbocycles. The molecule has 1 saturated heterocycles. The lowest BCUT2D eigenvalue weighted by Crippen LogP contribution is -2.41. The first-order chi connectivity index (χ1) is 10.0. The summed E-state index contributed by atoms with van der Waals surface area (Å²) in [7, 11) is 0. The molecule has 0 aromatic heterocycles. The van der Waals surface area contributed by atoms with Crippen molar-refractivity contribution in [2.24, 2.45) is 5.92 Å². The Labute approximate surface area is 128 Å². The van der Waals surface area contributed by atoms with Crippen LogP contribution in [0, 0.1) is 5.92 Å². The van der Waals surface area contributed by atoms with Crippen LogP contribution in [0.1, 0.15) is 13.3 Å².